The van der Waals surface area contributed by atoms with Gasteiger partial charge in [0.25, 0.3) is 0 Å². The largest absolute Gasteiger partial charge is 0.347 e. The highest BCUT2D eigenvalue weighted by Gasteiger charge is 2.43. The molecule has 2 rings (SSSR count). The third kappa shape index (κ3) is 0.561. The number of morpholine rings is 1. The zero-order valence-electron chi connectivity index (χ0n) is 3.87. The van der Waals surface area contributed by atoms with Crippen molar-refractivity contribution >= 4 is 12.6 Å². The Morgan fingerprint density at radius 2 is 2.43 bits per heavy atom. The Kier molecular flexibility index (Phi) is 0.690. The van der Waals surface area contributed by atoms with E-state index >= 15 is 0 Å². The van der Waals surface area contributed by atoms with Gasteiger partial charge in [0.05, 0.1) is 0 Å². The van der Waals surface area contributed by atoms with Crippen molar-refractivity contribution in [1.82, 2.24) is 4.90 Å². The molecule has 7 heavy (non-hydrogen) atoms. The van der Waals surface area contributed by atoms with Crippen LogP contribution < -0.4 is 0 Å². The van der Waals surface area contributed by atoms with E-state index in [1.165, 1.54) is 0 Å². The lowest BCUT2D eigenvalue weighted by molar-refractivity contribution is 0.139. The summed E-state index contributed by atoms with van der Waals surface area (Å²) in [6.07, 6.45) is 0.447. The number of hydrogen-bond acceptors (Lipinski definition) is 3. The molecule has 0 bridgehead atoms. The summed E-state index contributed by atoms with van der Waals surface area (Å²) >= 11 is 4.12. The van der Waals surface area contributed by atoms with Gasteiger partial charge in [0.2, 0.25) is 0 Å². The standard InChI is InChI=1S/C4H7NOS/c7-4-2-5-1-3(5)6-4/h3-4,7H,1-2H2. The van der Waals surface area contributed by atoms with Crippen LogP contribution >= 0.6 is 12.6 Å². The molecule has 0 spiro atoms. The van der Waals surface area contributed by atoms with Crippen LogP contribution in [0.25, 0.3) is 0 Å². The van der Waals surface area contributed by atoms with Gasteiger partial charge in [-0.05, 0) is 0 Å². The quantitative estimate of drug-likeness (QED) is 0.352. The predicted octanol–water partition coefficient (Wildman–Crippen LogP) is -0.0858. The van der Waals surface area contributed by atoms with Crippen LogP contribution in [0.4, 0.5) is 0 Å². The van der Waals surface area contributed by atoms with Crippen molar-refractivity contribution in [2.75, 3.05) is 13.1 Å². The molecule has 0 aromatic carbocycles. The Morgan fingerprint density at radius 1 is 1.57 bits per heavy atom. The molecule has 0 radical (unpaired) electrons. The first-order chi connectivity index (χ1) is 3.36. The molecule has 3 unspecified atom stereocenters. The molecular formula is C4H7NOS. The first kappa shape index (κ1) is 4.18. The zero-order chi connectivity index (χ0) is 4.85. The summed E-state index contributed by atoms with van der Waals surface area (Å²) in [5.74, 6) is 0. The van der Waals surface area contributed by atoms with E-state index in [1.54, 1.807) is 0 Å². The number of rotatable bonds is 0. The van der Waals surface area contributed by atoms with Crippen LogP contribution in [0.1, 0.15) is 0 Å². The molecule has 2 aliphatic heterocycles. The second-order valence-corrected chi connectivity index (χ2v) is 2.58. The van der Waals surface area contributed by atoms with Crippen LogP contribution in [0.3, 0.4) is 0 Å². The van der Waals surface area contributed by atoms with E-state index < -0.39 is 0 Å². The molecular weight excluding hydrogens is 110 g/mol. The van der Waals surface area contributed by atoms with Gasteiger partial charge in [-0.1, -0.05) is 0 Å². The smallest absolute Gasteiger partial charge is 0.125 e. The molecule has 0 saturated carbocycles. The van der Waals surface area contributed by atoms with Crippen LogP contribution in [-0.4, -0.2) is 29.7 Å². The van der Waals surface area contributed by atoms with Gasteiger partial charge in [0.1, 0.15) is 11.7 Å². The van der Waals surface area contributed by atoms with E-state index in [0.717, 1.165) is 13.1 Å². The van der Waals surface area contributed by atoms with Gasteiger partial charge in [-0.3, -0.25) is 4.90 Å². The van der Waals surface area contributed by atoms with Gasteiger partial charge < -0.3 is 4.74 Å². The van der Waals surface area contributed by atoms with Crippen molar-refractivity contribution in [3.05, 3.63) is 0 Å². The lowest BCUT2D eigenvalue weighted by Crippen LogP contribution is -2.07. The maximum Gasteiger partial charge on any atom is 0.125 e. The lowest BCUT2D eigenvalue weighted by Gasteiger charge is -1.98. The van der Waals surface area contributed by atoms with Gasteiger partial charge in [0, 0.05) is 13.1 Å². The summed E-state index contributed by atoms with van der Waals surface area (Å²) in [7, 11) is 0. The van der Waals surface area contributed by atoms with Gasteiger partial charge in [-0.15, -0.1) is 12.6 Å². The molecule has 0 aromatic rings. The summed E-state index contributed by atoms with van der Waals surface area (Å²) in [6.45, 7) is 2.16. The van der Waals surface area contributed by atoms with Crippen molar-refractivity contribution < 1.29 is 4.74 Å². The fourth-order valence-corrected chi connectivity index (χ4v) is 1.25. The average molecular weight is 117 g/mol. The van der Waals surface area contributed by atoms with Crippen LogP contribution in [0.2, 0.25) is 0 Å². The highest BCUT2D eigenvalue weighted by atomic mass is 32.1. The van der Waals surface area contributed by atoms with Crippen LogP contribution in [0.5, 0.6) is 0 Å². The Hall–Kier alpha value is 0.270. The molecule has 2 fully saturated rings. The fraction of sp³-hybridized carbons (Fsp3) is 1.00. The van der Waals surface area contributed by atoms with E-state index in [-0.39, 0.29) is 5.44 Å². The van der Waals surface area contributed by atoms with Gasteiger partial charge in [0.15, 0.2) is 0 Å². The first-order valence-corrected chi connectivity index (χ1v) is 2.95. The number of fused-ring (bicyclic) bond motifs is 1. The second kappa shape index (κ2) is 1.16. The maximum absolute atomic E-state index is 5.23. The Balaban J connectivity index is 2.02. The lowest BCUT2D eigenvalue weighted by atomic mass is 10.7. The van der Waals surface area contributed by atoms with Gasteiger partial charge >= 0.3 is 0 Å². The van der Waals surface area contributed by atoms with Gasteiger partial charge in [-0.2, -0.15) is 0 Å². The minimum Gasteiger partial charge on any atom is -0.347 e. The molecule has 40 valence electrons. The summed E-state index contributed by atoms with van der Waals surface area (Å²) in [5.41, 5.74) is 0.193. The van der Waals surface area contributed by atoms with Crippen molar-refractivity contribution in [3.63, 3.8) is 0 Å². The van der Waals surface area contributed by atoms with E-state index in [0.29, 0.717) is 6.23 Å². The first-order valence-electron chi connectivity index (χ1n) is 2.44. The normalized spacial score (nSPS) is 57.0. The van der Waals surface area contributed by atoms with E-state index in [2.05, 4.69) is 17.5 Å². The molecule has 0 aliphatic carbocycles. The van der Waals surface area contributed by atoms with Crippen LogP contribution in [0.15, 0.2) is 0 Å². The molecule has 0 amide bonds. The number of nitrogens with zero attached hydrogens (tertiary/aromatic N) is 1. The van der Waals surface area contributed by atoms with E-state index in [4.69, 9.17) is 4.74 Å². The summed E-state index contributed by atoms with van der Waals surface area (Å²) < 4.78 is 5.23. The molecule has 3 atom stereocenters. The van der Waals surface area contributed by atoms with Gasteiger partial charge in [-0.25, -0.2) is 0 Å². The third-order valence-corrected chi connectivity index (χ3v) is 1.65. The highest BCUT2D eigenvalue weighted by Crippen LogP contribution is 2.29. The van der Waals surface area contributed by atoms with Crippen molar-refractivity contribution in [1.29, 1.82) is 0 Å². The minimum atomic E-state index is 0.193. The monoisotopic (exact) mass is 117 g/mol. The average Bonchev–Trinajstić information content (AvgIpc) is 2.15. The third-order valence-electron chi connectivity index (χ3n) is 1.37. The number of hydrogen-bond donors (Lipinski definition) is 1. The topological polar surface area (TPSA) is 12.2 Å². The van der Waals surface area contributed by atoms with Crippen LogP contribution in [-0.2, 0) is 4.74 Å². The molecule has 0 aromatic heterocycles. The number of thiol groups is 1. The van der Waals surface area contributed by atoms with E-state index in [9.17, 15) is 0 Å². The SMILES string of the molecule is SC1CN2CC2O1. The predicted molar refractivity (Wildman–Crippen MR) is 29.2 cm³/mol. The molecule has 2 saturated heterocycles. The molecule has 3 heteroatoms. The van der Waals surface area contributed by atoms with E-state index in [1.807, 2.05) is 0 Å². The fourth-order valence-electron chi connectivity index (χ4n) is 0.900. The van der Waals surface area contributed by atoms with Crippen molar-refractivity contribution in [3.8, 4) is 0 Å². The number of ether oxygens (including phenoxy) is 1. The maximum atomic E-state index is 5.23. The Bertz CT molecular complexity index is 87.7. The van der Waals surface area contributed by atoms with Crippen molar-refractivity contribution in [2.24, 2.45) is 0 Å². The molecule has 0 N–H and O–H groups in total. The summed E-state index contributed by atoms with van der Waals surface area (Å²) in [4.78, 5) is 2.25. The molecule has 2 nitrogen and oxygen atoms in total. The highest BCUT2D eigenvalue weighted by molar-refractivity contribution is 7.80. The molecule has 2 aliphatic rings. The Labute approximate surface area is 47.9 Å². The minimum absolute atomic E-state index is 0.193. The summed E-state index contributed by atoms with van der Waals surface area (Å²) in [6, 6.07) is 0. The summed E-state index contributed by atoms with van der Waals surface area (Å²) in [5, 5.41) is 0. The Morgan fingerprint density at radius 3 is 2.71 bits per heavy atom. The van der Waals surface area contributed by atoms with Crippen molar-refractivity contribution in [2.45, 2.75) is 11.7 Å². The van der Waals surface area contributed by atoms with Crippen LogP contribution in [0, 0.1) is 0 Å². The second-order valence-electron chi connectivity index (χ2n) is 2.00. The zero-order valence-corrected chi connectivity index (χ0v) is 4.77. The molecule has 2 heterocycles.